The molecule has 16 heteroatoms. The zero-order chi connectivity index (χ0) is 20.5. The van der Waals surface area contributed by atoms with Gasteiger partial charge in [0.25, 0.3) is 0 Å². The Bertz CT molecular complexity index is 397. The molecule has 0 atom stereocenters. The molecule has 2 nitrogen and oxygen atoms in total. The average Bonchev–Trinajstić information content (AvgIpc) is 2.34. The van der Waals surface area contributed by atoms with Crippen molar-refractivity contribution in [3.63, 3.8) is 0 Å². The lowest BCUT2D eigenvalue weighted by molar-refractivity contribution is -0.369. The first kappa shape index (κ1) is 23.9. The molecule has 152 valence electrons. The third-order valence-electron chi connectivity index (χ3n) is 2.36. The van der Waals surface area contributed by atoms with Gasteiger partial charge in [0.2, 0.25) is 0 Å². The van der Waals surface area contributed by atoms with E-state index in [1.807, 2.05) is 0 Å². The van der Waals surface area contributed by atoms with E-state index in [0.29, 0.717) is 0 Å². The van der Waals surface area contributed by atoms with E-state index in [1.54, 1.807) is 0 Å². The Hall–Kier alpha value is -1.06. The molecule has 0 spiro atoms. The molecular formula is C9H6F14O2. The molecule has 0 saturated carbocycles. The first-order valence-corrected chi connectivity index (χ1v) is 5.51. The lowest BCUT2D eigenvalue weighted by Gasteiger charge is -2.29. The highest BCUT2D eigenvalue weighted by molar-refractivity contribution is 4.91. The quantitative estimate of drug-likeness (QED) is 0.329. The van der Waals surface area contributed by atoms with E-state index in [9.17, 15) is 61.5 Å². The van der Waals surface area contributed by atoms with Crippen molar-refractivity contribution in [3.8, 4) is 0 Å². The second kappa shape index (κ2) is 6.92. The third kappa shape index (κ3) is 4.98. The molecule has 0 aliphatic carbocycles. The van der Waals surface area contributed by atoms with Gasteiger partial charge in [-0.05, 0) is 0 Å². The second-order valence-electron chi connectivity index (χ2n) is 4.37. The Labute approximate surface area is 128 Å². The molecule has 0 aromatic carbocycles. The molecule has 0 heterocycles. The maximum Gasteiger partial charge on any atom is 0.459 e. The average molecular weight is 412 g/mol. The van der Waals surface area contributed by atoms with Gasteiger partial charge in [-0.25, -0.2) is 0 Å². The van der Waals surface area contributed by atoms with Gasteiger partial charge in [-0.1, -0.05) is 0 Å². The molecular weight excluding hydrogens is 406 g/mol. The highest BCUT2D eigenvalue weighted by atomic mass is 19.4. The molecule has 0 fully saturated rings. The Kier molecular flexibility index (Phi) is 6.63. The van der Waals surface area contributed by atoms with E-state index < -0.39 is 56.0 Å². The summed E-state index contributed by atoms with van der Waals surface area (Å²) in [7, 11) is 0. The minimum absolute atomic E-state index is 1.99. The molecule has 0 amide bonds. The van der Waals surface area contributed by atoms with Gasteiger partial charge >= 0.3 is 36.0 Å². The minimum Gasteiger partial charge on any atom is -0.349 e. The summed E-state index contributed by atoms with van der Waals surface area (Å²) in [4.78, 5) is 0. The van der Waals surface area contributed by atoms with Crippen LogP contribution in [0.15, 0.2) is 0 Å². The summed E-state index contributed by atoms with van der Waals surface area (Å²) in [6.07, 6.45) is -13.4. The van der Waals surface area contributed by atoms with Crippen LogP contribution in [-0.4, -0.2) is 56.0 Å². The van der Waals surface area contributed by atoms with Gasteiger partial charge in [-0.2, -0.15) is 61.5 Å². The maximum absolute atomic E-state index is 12.6. The summed E-state index contributed by atoms with van der Waals surface area (Å²) in [6, 6.07) is 0. The lowest BCUT2D eigenvalue weighted by atomic mass is 10.2. The molecule has 0 aromatic rings. The van der Waals surface area contributed by atoms with Gasteiger partial charge < -0.3 is 9.47 Å². The zero-order valence-corrected chi connectivity index (χ0v) is 11.2. The SMILES string of the molecule is FC(F)(F)C(F)(F)C(F)(F)COCOCC(F)(F)C(F)(F)C(F)(F)F. The summed E-state index contributed by atoms with van der Waals surface area (Å²) in [5.74, 6) is -25.0. The fourth-order valence-corrected chi connectivity index (χ4v) is 0.995. The molecule has 25 heavy (non-hydrogen) atoms. The first-order chi connectivity index (χ1) is 10.7. The number of rotatable bonds is 8. The van der Waals surface area contributed by atoms with Crippen LogP contribution in [0.4, 0.5) is 61.5 Å². The van der Waals surface area contributed by atoms with Crippen LogP contribution in [0.2, 0.25) is 0 Å². The van der Waals surface area contributed by atoms with Gasteiger partial charge in [-0.15, -0.1) is 0 Å². The number of halogens is 14. The minimum atomic E-state index is -6.71. The van der Waals surface area contributed by atoms with E-state index in [0.717, 1.165) is 0 Å². The third-order valence-corrected chi connectivity index (χ3v) is 2.36. The van der Waals surface area contributed by atoms with Crippen molar-refractivity contribution in [1.82, 2.24) is 0 Å². The smallest absolute Gasteiger partial charge is 0.349 e. The van der Waals surface area contributed by atoms with E-state index in [-0.39, 0.29) is 0 Å². The number of hydrogen-bond donors (Lipinski definition) is 0. The predicted molar refractivity (Wildman–Crippen MR) is 48.7 cm³/mol. The number of ether oxygens (including phenoxy) is 2. The zero-order valence-electron chi connectivity index (χ0n) is 11.2. The molecule has 0 radical (unpaired) electrons. The van der Waals surface area contributed by atoms with Crippen molar-refractivity contribution in [1.29, 1.82) is 0 Å². The van der Waals surface area contributed by atoms with Crippen LogP contribution in [0.5, 0.6) is 0 Å². The lowest BCUT2D eigenvalue weighted by Crippen LogP contribution is -2.55. The molecule has 0 unspecified atom stereocenters. The van der Waals surface area contributed by atoms with Gasteiger partial charge in [0.1, 0.15) is 20.0 Å². The summed E-state index contributed by atoms with van der Waals surface area (Å²) >= 11 is 0. The van der Waals surface area contributed by atoms with Gasteiger partial charge in [-0.3, -0.25) is 0 Å². The Balaban J connectivity index is 4.62. The fourth-order valence-electron chi connectivity index (χ4n) is 0.995. The number of hydrogen-bond acceptors (Lipinski definition) is 2. The second-order valence-corrected chi connectivity index (χ2v) is 4.37. The van der Waals surface area contributed by atoms with Crippen LogP contribution in [0.25, 0.3) is 0 Å². The molecule has 0 aliphatic heterocycles. The molecule has 0 bridgehead atoms. The van der Waals surface area contributed by atoms with Gasteiger partial charge in [0.15, 0.2) is 0 Å². The largest absolute Gasteiger partial charge is 0.459 e. The van der Waals surface area contributed by atoms with Gasteiger partial charge in [0, 0.05) is 0 Å². The summed E-state index contributed by atoms with van der Waals surface area (Å²) < 4.78 is 177. The molecule has 0 rings (SSSR count). The van der Waals surface area contributed by atoms with E-state index >= 15 is 0 Å². The van der Waals surface area contributed by atoms with Crippen LogP contribution < -0.4 is 0 Å². The topological polar surface area (TPSA) is 18.5 Å². The van der Waals surface area contributed by atoms with Crippen LogP contribution in [0, 0.1) is 0 Å². The van der Waals surface area contributed by atoms with Gasteiger partial charge in [0.05, 0.1) is 0 Å². The summed E-state index contributed by atoms with van der Waals surface area (Å²) in [5, 5.41) is 0. The predicted octanol–water partition coefficient (Wildman–Crippen LogP) is 4.64. The normalized spacial score (nSPS) is 15.6. The van der Waals surface area contributed by atoms with E-state index in [4.69, 9.17) is 0 Å². The van der Waals surface area contributed by atoms with Crippen molar-refractivity contribution < 1.29 is 70.9 Å². The summed E-state index contributed by atoms with van der Waals surface area (Å²) in [5.41, 5.74) is 0. The van der Waals surface area contributed by atoms with E-state index in [2.05, 4.69) is 9.47 Å². The first-order valence-electron chi connectivity index (χ1n) is 5.51. The van der Waals surface area contributed by atoms with Crippen molar-refractivity contribution in [2.75, 3.05) is 20.0 Å². The van der Waals surface area contributed by atoms with Crippen molar-refractivity contribution >= 4 is 0 Å². The van der Waals surface area contributed by atoms with Crippen molar-refractivity contribution in [2.45, 2.75) is 36.0 Å². The Morgan fingerprint density at radius 2 is 0.680 bits per heavy atom. The van der Waals surface area contributed by atoms with Crippen LogP contribution in [0.3, 0.4) is 0 Å². The monoisotopic (exact) mass is 412 g/mol. The van der Waals surface area contributed by atoms with Crippen molar-refractivity contribution in [2.24, 2.45) is 0 Å². The Morgan fingerprint density at radius 1 is 0.440 bits per heavy atom. The molecule has 0 saturated heterocycles. The van der Waals surface area contributed by atoms with Crippen molar-refractivity contribution in [3.05, 3.63) is 0 Å². The number of alkyl halides is 14. The highest BCUT2D eigenvalue weighted by Crippen LogP contribution is 2.47. The van der Waals surface area contributed by atoms with E-state index in [1.165, 1.54) is 0 Å². The van der Waals surface area contributed by atoms with Crippen LogP contribution in [0.1, 0.15) is 0 Å². The Morgan fingerprint density at radius 3 is 0.880 bits per heavy atom. The summed E-state index contributed by atoms with van der Waals surface area (Å²) in [6.45, 7) is -7.49. The highest BCUT2D eigenvalue weighted by Gasteiger charge is 2.74. The molecule has 0 aliphatic rings. The standard InChI is InChI=1S/C9H6F14O2/c10-4(11,6(14,15)8(18,19)20)1-24-3-25-2-5(12,13)7(16,17)9(21,22)23/h1-3H2. The maximum atomic E-state index is 12.6. The fraction of sp³-hybridized carbons (Fsp3) is 1.00. The van der Waals surface area contributed by atoms with Crippen LogP contribution >= 0.6 is 0 Å². The van der Waals surface area contributed by atoms with Crippen LogP contribution in [-0.2, 0) is 9.47 Å². The molecule has 0 aromatic heterocycles. The molecule has 0 N–H and O–H groups in total.